The molecular formula is C30H50O3. The van der Waals surface area contributed by atoms with Gasteiger partial charge in [0.25, 0.3) is 0 Å². The van der Waals surface area contributed by atoms with Gasteiger partial charge in [0.2, 0.25) is 0 Å². The van der Waals surface area contributed by atoms with E-state index >= 15 is 0 Å². The minimum absolute atomic E-state index is 0.130. The molecule has 33 heavy (non-hydrogen) atoms. The van der Waals surface area contributed by atoms with Gasteiger partial charge in [-0.2, -0.15) is 0 Å². The van der Waals surface area contributed by atoms with E-state index in [1.807, 2.05) is 13.8 Å². The van der Waals surface area contributed by atoms with E-state index in [-0.39, 0.29) is 24.0 Å². The summed E-state index contributed by atoms with van der Waals surface area (Å²) in [7, 11) is 0. The van der Waals surface area contributed by atoms with Crippen LogP contribution in [0.15, 0.2) is 0 Å². The Labute approximate surface area is 202 Å². The summed E-state index contributed by atoms with van der Waals surface area (Å²) in [6.45, 7) is 14.1. The molecule has 5 saturated carbocycles. The van der Waals surface area contributed by atoms with Crippen molar-refractivity contribution in [2.75, 3.05) is 6.61 Å². The summed E-state index contributed by atoms with van der Waals surface area (Å²) in [4.78, 5) is 12.3. The van der Waals surface area contributed by atoms with E-state index in [1.165, 1.54) is 51.4 Å². The maximum Gasteiger partial charge on any atom is 0.135 e. The highest BCUT2D eigenvalue weighted by Gasteiger charge is 2.82. The minimum atomic E-state index is -0.345. The Balaban J connectivity index is 1.39. The van der Waals surface area contributed by atoms with Crippen LogP contribution in [0.1, 0.15) is 112 Å². The topological polar surface area (TPSA) is 57.5 Å². The third-order valence-corrected chi connectivity index (χ3v) is 13.5. The van der Waals surface area contributed by atoms with Crippen LogP contribution < -0.4 is 0 Å². The Hall–Kier alpha value is -0.410. The van der Waals surface area contributed by atoms with Gasteiger partial charge in [-0.25, -0.2) is 0 Å². The minimum Gasteiger partial charge on any atom is -0.396 e. The maximum absolute atomic E-state index is 12.3. The molecule has 0 amide bonds. The van der Waals surface area contributed by atoms with Gasteiger partial charge < -0.3 is 10.2 Å². The van der Waals surface area contributed by atoms with Crippen molar-refractivity contribution in [1.29, 1.82) is 0 Å². The van der Waals surface area contributed by atoms with Crippen molar-refractivity contribution in [3.63, 3.8) is 0 Å². The zero-order chi connectivity index (χ0) is 24.0. The van der Waals surface area contributed by atoms with Gasteiger partial charge in [0.05, 0.1) is 12.7 Å². The largest absolute Gasteiger partial charge is 0.396 e. The molecule has 10 atom stereocenters. The second-order valence-electron chi connectivity index (χ2n) is 14.5. The summed E-state index contributed by atoms with van der Waals surface area (Å²) in [6.07, 6.45) is 12.7. The van der Waals surface area contributed by atoms with Gasteiger partial charge in [-0.15, -0.1) is 0 Å². The third kappa shape index (κ3) is 2.90. The van der Waals surface area contributed by atoms with E-state index in [0.29, 0.717) is 39.3 Å². The lowest BCUT2D eigenvalue weighted by molar-refractivity contribution is -0.174. The Morgan fingerprint density at radius 2 is 1.55 bits per heavy atom. The molecule has 0 aromatic rings. The molecule has 5 rings (SSSR count). The first-order valence-corrected chi connectivity index (χ1v) is 14.2. The van der Waals surface area contributed by atoms with E-state index in [2.05, 4.69) is 27.7 Å². The summed E-state index contributed by atoms with van der Waals surface area (Å²) in [5.74, 6) is 3.24. The van der Waals surface area contributed by atoms with Crippen molar-refractivity contribution < 1.29 is 15.0 Å². The zero-order valence-electron chi connectivity index (χ0n) is 22.3. The Bertz CT molecular complexity index is 806. The van der Waals surface area contributed by atoms with Crippen molar-refractivity contribution in [2.24, 2.45) is 56.7 Å². The molecule has 3 nitrogen and oxygen atoms in total. The number of fused-ring (bicyclic) bond motifs is 2. The lowest BCUT2D eigenvalue weighted by Gasteiger charge is -2.63. The van der Waals surface area contributed by atoms with Crippen LogP contribution in [0.3, 0.4) is 0 Å². The summed E-state index contributed by atoms with van der Waals surface area (Å²) in [6, 6.07) is 0. The normalized spacial score (nSPS) is 53.6. The number of aliphatic hydroxyl groups is 2. The van der Waals surface area contributed by atoms with E-state index < -0.39 is 0 Å². The predicted molar refractivity (Wildman–Crippen MR) is 133 cm³/mol. The molecule has 0 bridgehead atoms. The number of ketones is 1. The van der Waals surface area contributed by atoms with Gasteiger partial charge >= 0.3 is 0 Å². The molecule has 0 saturated heterocycles. The number of aliphatic hydroxyl groups excluding tert-OH is 2. The van der Waals surface area contributed by atoms with E-state index in [9.17, 15) is 15.0 Å². The smallest absolute Gasteiger partial charge is 0.135 e. The molecule has 0 aromatic heterocycles. The fourth-order valence-electron chi connectivity index (χ4n) is 11.2. The lowest BCUT2D eigenvalue weighted by Crippen LogP contribution is -2.59. The highest BCUT2D eigenvalue weighted by Crippen LogP contribution is 2.89. The summed E-state index contributed by atoms with van der Waals surface area (Å²) in [5.41, 5.74) is 1.31. The number of hydrogen-bond donors (Lipinski definition) is 2. The van der Waals surface area contributed by atoms with Crippen molar-refractivity contribution in [3.8, 4) is 0 Å². The van der Waals surface area contributed by atoms with E-state index in [0.717, 1.165) is 31.1 Å². The molecule has 0 aliphatic heterocycles. The van der Waals surface area contributed by atoms with Crippen molar-refractivity contribution in [2.45, 2.75) is 118 Å². The van der Waals surface area contributed by atoms with Gasteiger partial charge in [0.15, 0.2) is 0 Å². The SMILES string of the molecule is CC(C)C(=O)CC[C@@H](C)[C@H]1CC[C@@]2(C)[C@@H]3CC[C@H]4[C@](C)(CO)[C@@H](O)CC[C@@]45C[C@@]35CC[C@]12C. The first kappa shape index (κ1) is 24.3. The number of rotatable bonds is 6. The second kappa shape index (κ2) is 7.55. The second-order valence-corrected chi connectivity index (χ2v) is 14.5. The first-order valence-electron chi connectivity index (χ1n) is 14.2. The standard InChI is InChI=1S/C30H50O3/c1-19(2)22(32)8-7-20(3)21-11-13-28(6)24-10-9-23-26(4,18-31)25(33)12-14-29(23)17-30(24,29)16-15-27(21,28)5/h19-21,23-25,31,33H,7-18H2,1-6H3/t20-,21-,23+,24+,25+,26+,27-,28+,29-,30+/m1/s1. The van der Waals surface area contributed by atoms with Crippen molar-refractivity contribution in [1.82, 2.24) is 0 Å². The van der Waals surface area contributed by atoms with Gasteiger partial charge in [-0.3, -0.25) is 4.79 Å². The van der Waals surface area contributed by atoms with Gasteiger partial charge in [0, 0.05) is 17.8 Å². The van der Waals surface area contributed by atoms with Crippen LogP contribution in [0.2, 0.25) is 0 Å². The van der Waals surface area contributed by atoms with Crippen molar-refractivity contribution >= 4 is 5.78 Å². The van der Waals surface area contributed by atoms with Crippen LogP contribution in [0, 0.1) is 56.7 Å². The Kier molecular flexibility index (Phi) is 5.55. The molecule has 5 fully saturated rings. The quantitative estimate of drug-likeness (QED) is 0.484. The highest BCUT2D eigenvalue weighted by atomic mass is 16.3. The molecule has 5 aliphatic carbocycles. The lowest BCUT2D eigenvalue weighted by atomic mass is 9.41. The maximum atomic E-state index is 12.3. The molecule has 188 valence electrons. The molecule has 3 heteroatoms. The number of hydrogen-bond acceptors (Lipinski definition) is 3. The number of carbonyl (C=O) groups is 1. The van der Waals surface area contributed by atoms with Gasteiger partial charge in [-0.1, -0.05) is 41.5 Å². The average Bonchev–Trinajstić information content (AvgIpc) is 3.37. The van der Waals surface area contributed by atoms with E-state index in [4.69, 9.17) is 0 Å². The highest BCUT2D eigenvalue weighted by molar-refractivity contribution is 5.80. The predicted octanol–water partition coefficient (Wildman–Crippen LogP) is 6.40. The summed E-state index contributed by atoms with van der Waals surface area (Å²) >= 11 is 0. The number of Topliss-reactive ketones (excluding diaryl/α,β-unsaturated/α-hetero) is 1. The van der Waals surface area contributed by atoms with Gasteiger partial charge in [-0.05, 0) is 110 Å². The molecule has 2 spiro atoms. The fraction of sp³-hybridized carbons (Fsp3) is 0.967. The molecule has 0 heterocycles. The molecular weight excluding hydrogens is 408 g/mol. The van der Waals surface area contributed by atoms with Gasteiger partial charge in [0.1, 0.15) is 5.78 Å². The summed E-state index contributed by atoms with van der Waals surface area (Å²) in [5, 5.41) is 21.2. The summed E-state index contributed by atoms with van der Waals surface area (Å²) < 4.78 is 0. The molecule has 2 N–H and O–H groups in total. The van der Waals surface area contributed by atoms with Crippen LogP contribution in [0.5, 0.6) is 0 Å². The zero-order valence-corrected chi connectivity index (χ0v) is 22.3. The van der Waals surface area contributed by atoms with Crippen LogP contribution in [0.4, 0.5) is 0 Å². The van der Waals surface area contributed by atoms with Crippen LogP contribution >= 0.6 is 0 Å². The third-order valence-electron chi connectivity index (χ3n) is 13.5. The van der Waals surface area contributed by atoms with Crippen LogP contribution in [0.25, 0.3) is 0 Å². The Morgan fingerprint density at radius 3 is 2.21 bits per heavy atom. The monoisotopic (exact) mass is 458 g/mol. The first-order chi connectivity index (χ1) is 15.4. The number of carbonyl (C=O) groups excluding carboxylic acids is 1. The Morgan fingerprint density at radius 1 is 0.879 bits per heavy atom. The average molecular weight is 459 g/mol. The molecule has 5 aliphatic rings. The van der Waals surface area contributed by atoms with Crippen molar-refractivity contribution in [3.05, 3.63) is 0 Å². The van der Waals surface area contributed by atoms with Crippen LogP contribution in [-0.2, 0) is 4.79 Å². The van der Waals surface area contributed by atoms with E-state index in [1.54, 1.807) is 0 Å². The molecule has 0 unspecified atom stereocenters. The fourth-order valence-corrected chi connectivity index (χ4v) is 11.2. The molecule has 0 radical (unpaired) electrons. The molecule has 0 aromatic carbocycles. The van der Waals surface area contributed by atoms with Crippen LogP contribution in [-0.4, -0.2) is 28.7 Å².